The maximum Gasteiger partial charge on any atom is 0.141 e. The Morgan fingerprint density at radius 3 is 2.84 bits per heavy atom. The standard InChI is InChI=1S/C14H14BrN3O/c1-9-6-11(15)2-3-13(9)19-8-10-4-5-18-12(7-10)14(16)17/h2-7H,8H2,1H3,(H3,16,17). The van der Waals surface area contributed by atoms with Crippen LogP contribution >= 0.6 is 15.9 Å². The number of aromatic nitrogens is 1. The fourth-order valence-corrected chi connectivity index (χ4v) is 2.12. The SMILES string of the molecule is Cc1cc(Br)ccc1OCc1ccnc(C(=N)N)c1. The minimum absolute atomic E-state index is 0.0401. The van der Waals surface area contributed by atoms with Crippen LogP contribution in [0.25, 0.3) is 0 Å². The van der Waals surface area contributed by atoms with Crippen LogP contribution in [0.5, 0.6) is 5.75 Å². The lowest BCUT2D eigenvalue weighted by Gasteiger charge is -2.10. The first-order valence-electron chi connectivity index (χ1n) is 5.74. The maximum absolute atomic E-state index is 7.36. The van der Waals surface area contributed by atoms with E-state index in [0.29, 0.717) is 12.3 Å². The largest absolute Gasteiger partial charge is 0.489 e. The van der Waals surface area contributed by atoms with Gasteiger partial charge in [-0.2, -0.15) is 0 Å². The molecule has 0 unspecified atom stereocenters. The van der Waals surface area contributed by atoms with E-state index in [1.807, 2.05) is 31.2 Å². The van der Waals surface area contributed by atoms with Crippen molar-refractivity contribution in [3.05, 3.63) is 57.8 Å². The molecule has 0 amide bonds. The summed E-state index contributed by atoms with van der Waals surface area (Å²) in [6.07, 6.45) is 1.63. The van der Waals surface area contributed by atoms with Crippen molar-refractivity contribution in [2.45, 2.75) is 13.5 Å². The molecule has 19 heavy (non-hydrogen) atoms. The zero-order chi connectivity index (χ0) is 13.8. The van der Waals surface area contributed by atoms with Crippen LogP contribution in [-0.4, -0.2) is 10.8 Å². The summed E-state index contributed by atoms with van der Waals surface area (Å²) >= 11 is 3.42. The number of pyridine rings is 1. The van der Waals surface area contributed by atoms with Gasteiger partial charge in [0, 0.05) is 10.7 Å². The molecular weight excluding hydrogens is 306 g/mol. The van der Waals surface area contributed by atoms with Gasteiger partial charge < -0.3 is 10.5 Å². The highest BCUT2D eigenvalue weighted by Crippen LogP contribution is 2.23. The molecule has 3 N–H and O–H groups in total. The van der Waals surface area contributed by atoms with E-state index in [1.165, 1.54) is 0 Å². The average molecular weight is 320 g/mol. The second-order valence-electron chi connectivity index (χ2n) is 4.16. The Morgan fingerprint density at radius 1 is 1.37 bits per heavy atom. The first kappa shape index (κ1) is 13.5. The zero-order valence-corrected chi connectivity index (χ0v) is 12.1. The molecule has 98 valence electrons. The molecule has 0 aliphatic carbocycles. The molecule has 0 aliphatic rings. The lowest BCUT2D eigenvalue weighted by molar-refractivity contribution is 0.304. The Hall–Kier alpha value is -1.88. The normalized spacial score (nSPS) is 10.2. The number of aryl methyl sites for hydroxylation is 1. The summed E-state index contributed by atoms with van der Waals surface area (Å²) in [5.41, 5.74) is 7.87. The van der Waals surface area contributed by atoms with Crippen LogP contribution < -0.4 is 10.5 Å². The number of nitrogens with zero attached hydrogens (tertiary/aromatic N) is 1. The lowest BCUT2D eigenvalue weighted by Crippen LogP contribution is -2.13. The van der Waals surface area contributed by atoms with Crippen LogP contribution in [0.3, 0.4) is 0 Å². The van der Waals surface area contributed by atoms with Crippen LogP contribution in [0.15, 0.2) is 41.0 Å². The molecule has 0 fully saturated rings. The monoisotopic (exact) mass is 319 g/mol. The molecule has 4 nitrogen and oxygen atoms in total. The van der Waals surface area contributed by atoms with Crippen molar-refractivity contribution in [2.75, 3.05) is 0 Å². The number of halogens is 1. The van der Waals surface area contributed by atoms with Crippen molar-refractivity contribution in [1.29, 1.82) is 5.41 Å². The van der Waals surface area contributed by atoms with E-state index < -0.39 is 0 Å². The second-order valence-corrected chi connectivity index (χ2v) is 5.08. The topological polar surface area (TPSA) is 72.0 Å². The van der Waals surface area contributed by atoms with E-state index in [9.17, 15) is 0 Å². The number of hydrogen-bond donors (Lipinski definition) is 2. The van der Waals surface area contributed by atoms with Gasteiger partial charge in [0.25, 0.3) is 0 Å². The van der Waals surface area contributed by atoms with Gasteiger partial charge in [0.15, 0.2) is 0 Å². The third kappa shape index (κ3) is 3.54. The number of nitrogens with one attached hydrogen (secondary N) is 1. The van der Waals surface area contributed by atoms with Crippen molar-refractivity contribution in [3.63, 3.8) is 0 Å². The number of amidine groups is 1. The molecule has 0 saturated heterocycles. The van der Waals surface area contributed by atoms with Gasteiger partial charge in [-0.25, -0.2) is 0 Å². The van der Waals surface area contributed by atoms with E-state index >= 15 is 0 Å². The summed E-state index contributed by atoms with van der Waals surface area (Å²) in [6, 6.07) is 9.47. The zero-order valence-electron chi connectivity index (χ0n) is 10.5. The van der Waals surface area contributed by atoms with Crippen molar-refractivity contribution >= 4 is 21.8 Å². The number of benzene rings is 1. The van der Waals surface area contributed by atoms with Gasteiger partial charge in [0.1, 0.15) is 23.9 Å². The molecule has 2 aromatic rings. The Balaban J connectivity index is 2.10. The van der Waals surface area contributed by atoms with Gasteiger partial charge in [0.2, 0.25) is 0 Å². The molecule has 0 aliphatic heterocycles. The van der Waals surface area contributed by atoms with Crippen LogP contribution in [0.1, 0.15) is 16.8 Å². The third-order valence-electron chi connectivity index (χ3n) is 2.63. The summed E-state index contributed by atoms with van der Waals surface area (Å²) in [6.45, 7) is 2.42. The summed E-state index contributed by atoms with van der Waals surface area (Å²) in [5.74, 6) is 0.797. The van der Waals surface area contributed by atoms with Crippen molar-refractivity contribution in [3.8, 4) is 5.75 Å². The first-order chi connectivity index (χ1) is 9.06. The third-order valence-corrected chi connectivity index (χ3v) is 3.12. The van der Waals surface area contributed by atoms with Gasteiger partial charge in [-0.3, -0.25) is 10.4 Å². The minimum Gasteiger partial charge on any atom is -0.489 e. The Morgan fingerprint density at radius 2 is 2.16 bits per heavy atom. The highest BCUT2D eigenvalue weighted by Gasteiger charge is 2.03. The minimum atomic E-state index is -0.0401. The molecule has 1 aromatic heterocycles. The van der Waals surface area contributed by atoms with Crippen molar-refractivity contribution in [1.82, 2.24) is 4.98 Å². The number of ether oxygens (including phenoxy) is 1. The highest BCUT2D eigenvalue weighted by molar-refractivity contribution is 9.10. The van der Waals surface area contributed by atoms with E-state index in [0.717, 1.165) is 21.3 Å². The Kier molecular flexibility index (Phi) is 4.16. The highest BCUT2D eigenvalue weighted by atomic mass is 79.9. The smallest absolute Gasteiger partial charge is 0.141 e. The number of hydrogen-bond acceptors (Lipinski definition) is 3. The molecule has 0 spiro atoms. The van der Waals surface area contributed by atoms with E-state index in [2.05, 4.69) is 20.9 Å². The summed E-state index contributed by atoms with van der Waals surface area (Å²) < 4.78 is 6.78. The molecule has 2 rings (SSSR count). The number of nitrogens with two attached hydrogens (primary N) is 1. The molecule has 0 radical (unpaired) electrons. The van der Waals surface area contributed by atoms with Crippen molar-refractivity contribution in [2.24, 2.45) is 5.73 Å². The van der Waals surface area contributed by atoms with Crippen LogP contribution in [0.2, 0.25) is 0 Å². The predicted octanol–water partition coefficient (Wildman–Crippen LogP) is 3.02. The van der Waals surface area contributed by atoms with Gasteiger partial charge in [-0.1, -0.05) is 15.9 Å². The summed E-state index contributed by atoms with van der Waals surface area (Å²) in [4.78, 5) is 4.01. The number of nitrogen functional groups attached to an aromatic ring is 1. The van der Waals surface area contributed by atoms with E-state index in [1.54, 1.807) is 12.3 Å². The quantitative estimate of drug-likeness (QED) is 0.672. The first-order valence-corrected chi connectivity index (χ1v) is 6.54. The van der Waals surface area contributed by atoms with Crippen LogP contribution in [-0.2, 0) is 6.61 Å². The average Bonchev–Trinajstić information content (AvgIpc) is 2.38. The van der Waals surface area contributed by atoms with E-state index in [4.69, 9.17) is 15.9 Å². The maximum atomic E-state index is 7.36. The number of rotatable bonds is 4. The van der Waals surface area contributed by atoms with Crippen LogP contribution in [0.4, 0.5) is 0 Å². The Bertz CT molecular complexity index is 613. The predicted molar refractivity (Wildman–Crippen MR) is 78.5 cm³/mol. The molecule has 5 heteroatoms. The molecule has 1 aromatic carbocycles. The van der Waals surface area contributed by atoms with E-state index in [-0.39, 0.29) is 5.84 Å². The fraction of sp³-hybridized carbons (Fsp3) is 0.143. The van der Waals surface area contributed by atoms with Gasteiger partial charge in [-0.15, -0.1) is 0 Å². The molecular formula is C14H14BrN3O. The second kappa shape index (κ2) is 5.84. The van der Waals surface area contributed by atoms with Gasteiger partial charge in [0.05, 0.1) is 0 Å². The molecule has 1 heterocycles. The molecule has 0 bridgehead atoms. The van der Waals surface area contributed by atoms with Crippen LogP contribution in [0, 0.1) is 12.3 Å². The fourth-order valence-electron chi connectivity index (χ4n) is 1.65. The lowest BCUT2D eigenvalue weighted by atomic mass is 10.2. The summed E-state index contributed by atoms with van der Waals surface area (Å²) in [5, 5.41) is 7.36. The van der Waals surface area contributed by atoms with Crippen molar-refractivity contribution < 1.29 is 4.74 Å². The molecule has 0 saturated carbocycles. The van der Waals surface area contributed by atoms with Gasteiger partial charge in [-0.05, 0) is 48.4 Å². The Labute approximate surface area is 120 Å². The summed E-state index contributed by atoms with van der Waals surface area (Å²) in [7, 11) is 0. The molecule has 0 atom stereocenters. The van der Waals surface area contributed by atoms with Gasteiger partial charge >= 0.3 is 0 Å².